The van der Waals surface area contributed by atoms with Crippen molar-refractivity contribution in [3.63, 3.8) is 0 Å². The molecule has 1 aromatic carbocycles. The third-order valence-electron chi connectivity index (χ3n) is 6.32. The van der Waals surface area contributed by atoms with Gasteiger partial charge in [-0.15, -0.1) is 0 Å². The normalized spacial score (nSPS) is 17.8. The summed E-state index contributed by atoms with van der Waals surface area (Å²) in [4.78, 5) is 44.1. The summed E-state index contributed by atoms with van der Waals surface area (Å²) in [5.74, 6) is -0.0220. The van der Waals surface area contributed by atoms with Crippen molar-refractivity contribution in [2.24, 2.45) is 0 Å². The van der Waals surface area contributed by atoms with Gasteiger partial charge in [0.2, 0.25) is 11.8 Å². The summed E-state index contributed by atoms with van der Waals surface area (Å²) in [7, 11) is 0. The Labute approximate surface area is 190 Å². The van der Waals surface area contributed by atoms with Crippen LogP contribution in [-0.2, 0) is 19.1 Å². The molecule has 0 aliphatic carbocycles. The lowest BCUT2D eigenvalue weighted by Gasteiger charge is -2.43. The zero-order chi connectivity index (χ0) is 23.0. The smallest absolute Gasteiger partial charge is 0.250 e. The van der Waals surface area contributed by atoms with Gasteiger partial charge < -0.3 is 24.8 Å². The van der Waals surface area contributed by atoms with Crippen molar-refractivity contribution in [3.8, 4) is 0 Å². The van der Waals surface area contributed by atoms with Gasteiger partial charge in [-0.05, 0) is 44.7 Å². The van der Waals surface area contributed by atoms with Crippen LogP contribution >= 0.6 is 0 Å². The maximum atomic E-state index is 13.6. The summed E-state index contributed by atoms with van der Waals surface area (Å²) in [6.07, 6.45) is 3.25. The lowest BCUT2D eigenvalue weighted by molar-refractivity contribution is -0.140. The number of ether oxygens (including phenoxy) is 1. The average molecular weight is 445 g/mol. The molecule has 32 heavy (non-hydrogen) atoms. The van der Waals surface area contributed by atoms with Crippen LogP contribution in [-0.4, -0.2) is 79.1 Å². The highest BCUT2D eigenvalue weighted by Crippen LogP contribution is 2.39. The second kappa shape index (κ2) is 11.3. The number of nitrogens with zero attached hydrogens (tertiary/aromatic N) is 3. The van der Waals surface area contributed by atoms with Crippen molar-refractivity contribution < 1.29 is 19.1 Å². The van der Waals surface area contributed by atoms with Crippen molar-refractivity contribution in [3.05, 3.63) is 30.3 Å². The highest BCUT2D eigenvalue weighted by molar-refractivity contribution is 5.96. The molecule has 0 unspecified atom stereocenters. The Morgan fingerprint density at radius 3 is 2.50 bits per heavy atom. The molecule has 3 amide bonds. The molecule has 2 aliphatic rings. The Balaban J connectivity index is 1.68. The van der Waals surface area contributed by atoms with Crippen LogP contribution in [0.2, 0.25) is 0 Å². The van der Waals surface area contributed by atoms with Gasteiger partial charge in [0.1, 0.15) is 12.1 Å². The molecule has 0 bridgehead atoms. The zero-order valence-electron chi connectivity index (χ0n) is 19.3. The summed E-state index contributed by atoms with van der Waals surface area (Å²) in [6.45, 7) is 7.28. The van der Waals surface area contributed by atoms with E-state index in [1.807, 2.05) is 49.1 Å². The van der Waals surface area contributed by atoms with Crippen LogP contribution in [0.5, 0.6) is 0 Å². The number of para-hydroxylation sites is 1. The van der Waals surface area contributed by atoms with Gasteiger partial charge in [-0.25, -0.2) is 0 Å². The van der Waals surface area contributed by atoms with Gasteiger partial charge >= 0.3 is 0 Å². The number of carbonyl (C=O) groups is 3. The van der Waals surface area contributed by atoms with Crippen molar-refractivity contribution in [1.29, 1.82) is 0 Å². The standard InChI is InChI=1S/C24H36N4O4/c1-3-9-22(30)26-15-12-24(13-16-26)23(31)27(18-21(29)25-14-8-17-32-4-2)19-28(24)20-10-6-5-7-11-20/h5-7,10-11H,3-4,8-9,12-19H2,1-2H3,(H,25,29). The Morgan fingerprint density at radius 2 is 1.84 bits per heavy atom. The largest absolute Gasteiger partial charge is 0.382 e. The van der Waals surface area contributed by atoms with Crippen molar-refractivity contribution >= 4 is 23.4 Å². The minimum absolute atomic E-state index is 0.0200. The first kappa shape index (κ1) is 24.0. The van der Waals surface area contributed by atoms with Gasteiger partial charge in [0.15, 0.2) is 0 Å². The van der Waals surface area contributed by atoms with Gasteiger partial charge in [0.25, 0.3) is 5.91 Å². The third kappa shape index (κ3) is 5.41. The number of hydrogen-bond acceptors (Lipinski definition) is 5. The second-order valence-corrected chi connectivity index (χ2v) is 8.47. The molecule has 1 spiro atoms. The van der Waals surface area contributed by atoms with Crippen LogP contribution in [0.25, 0.3) is 0 Å². The molecular formula is C24H36N4O4. The Kier molecular flexibility index (Phi) is 8.50. The number of likely N-dealkylation sites (tertiary alicyclic amines) is 1. The molecule has 0 atom stereocenters. The van der Waals surface area contributed by atoms with Crippen molar-refractivity contribution in [2.45, 2.75) is 51.5 Å². The first-order valence-electron chi connectivity index (χ1n) is 11.8. The number of piperidine rings is 1. The fraction of sp³-hybridized carbons (Fsp3) is 0.625. The summed E-state index contributed by atoms with van der Waals surface area (Å²) >= 11 is 0. The van der Waals surface area contributed by atoms with E-state index in [0.29, 0.717) is 58.8 Å². The van der Waals surface area contributed by atoms with Gasteiger partial charge in [-0.2, -0.15) is 0 Å². The van der Waals surface area contributed by atoms with Gasteiger partial charge in [0, 0.05) is 45.0 Å². The molecule has 0 aromatic heterocycles. The van der Waals surface area contributed by atoms with Crippen LogP contribution in [0.3, 0.4) is 0 Å². The Morgan fingerprint density at radius 1 is 1.12 bits per heavy atom. The first-order valence-corrected chi connectivity index (χ1v) is 11.8. The van der Waals surface area contributed by atoms with E-state index in [9.17, 15) is 14.4 Å². The van der Waals surface area contributed by atoms with E-state index in [-0.39, 0.29) is 24.3 Å². The van der Waals surface area contributed by atoms with E-state index in [2.05, 4.69) is 10.2 Å². The van der Waals surface area contributed by atoms with E-state index >= 15 is 0 Å². The Hall–Kier alpha value is -2.61. The summed E-state index contributed by atoms with van der Waals surface area (Å²) in [5.41, 5.74) is 0.258. The molecule has 2 fully saturated rings. The Bertz CT molecular complexity index is 777. The number of hydrogen-bond donors (Lipinski definition) is 1. The molecule has 2 saturated heterocycles. The predicted molar refractivity (Wildman–Crippen MR) is 123 cm³/mol. The molecular weight excluding hydrogens is 408 g/mol. The van der Waals surface area contributed by atoms with Gasteiger partial charge in [-0.1, -0.05) is 25.1 Å². The number of amides is 3. The fourth-order valence-electron chi connectivity index (χ4n) is 4.60. The van der Waals surface area contributed by atoms with Crippen LogP contribution in [0.15, 0.2) is 30.3 Å². The van der Waals surface area contributed by atoms with E-state index in [4.69, 9.17) is 4.74 Å². The minimum atomic E-state index is -0.709. The number of benzene rings is 1. The van der Waals surface area contributed by atoms with Crippen LogP contribution in [0.4, 0.5) is 5.69 Å². The van der Waals surface area contributed by atoms with E-state index < -0.39 is 5.54 Å². The quantitative estimate of drug-likeness (QED) is 0.558. The predicted octanol–water partition coefficient (Wildman–Crippen LogP) is 2.00. The van der Waals surface area contributed by atoms with Gasteiger partial charge in [0.05, 0.1) is 6.67 Å². The third-order valence-corrected chi connectivity index (χ3v) is 6.32. The molecule has 1 aromatic rings. The van der Waals surface area contributed by atoms with Crippen molar-refractivity contribution in [2.75, 3.05) is 51.0 Å². The summed E-state index contributed by atoms with van der Waals surface area (Å²) < 4.78 is 5.29. The second-order valence-electron chi connectivity index (χ2n) is 8.47. The molecule has 2 heterocycles. The molecule has 2 aliphatic heterocycles. The molecule has 0 saturated carbocycles. The van der Waals surface area contributed by atoms with E-state index in [1.165, 1.54) is 0 Å². The zero-order valence-corrected chi connectivity index (χ0v) is 19.3. The monoisotopic (exact) mass is 444 g/mol. The molecule has 8 nitrogen and oxygen atoms in total. The first-order chi connectivity index (χ1) is 15.5. The van der Waals surface area contributed by atoms with Crippen molar-refractivity contribution in [1.82, 2.24) is 15.1 Å². The topological polar surface area (TPSA) is 82.2 Å². The van der Waals surface area contributed by atoms with Crippen LogP contribution in [0, 0.1) is 0 Å². The van der Waals surface area contributed by atoms with E-state index in [0.717, 1.165) is 18.5 Å². The lowest BCUT2D eigenvalue weighted by atomic mass is 9.85. The SMILES string of the molecule is CCCC(=O)N1CCC2(CC1)C(=O)N(CC(=O)NCCCOCC)CN2c1ccccc1. The number of anilines is 1. The van der Waals surface area contributed by atoms with Crippen LogP contribution < -0.4 is 10.2 Å². The highest BCUT2D eigenvalue weighted by atomic mass is 16.5. The van der Waals surface area contributed by atoms with Crippen LogP contribution in [0.1, 0.15) is 46.0 Å². The molecule has 3 rings (SSSR count). The molecule has 1 N–H and O–H groups in total. The number of rotatable bonds is 10. The maximum Gasteiger partial charge on any atom is 0.250 e. The lowest BCUT2D eigenvalue weighted by Crippen LogP contribution is -2.57. The fourth-order valence-corrected chi connectivity index (χ4v) is 4.60. The average Bonchev–Trinajstić information content (AvgIpc) is 3.06. The highest BCUT2D eigenvalue weighted by Gasteiger charge is 2.54. The summed E-state index contributed by atoms with van der Waals surface area (Å²) in [6, 6.07) is 9.87. The minimum Gasteiger partial charge on any atom is -0.382 e. The molecule has 0 radical (unpaired) electrons. The summed E-state index contributed by atoms with van der Waals surface area (Å²) in [5, 5.41) is 2.89. The van der Waals surface area contributed by atoms with Gasteiger partial charge in [-0.3, -0.25) is 14.4 Å². The number of carbonyl (C=O) groups excluding carboxylic acids is 3. The van der Waals surface area contributed by atoms with E-state index in [1.54, 1.807) is 4.90 Å². The maximum absolute atomic E-state index is 13.6. The number of nitrogens with one attached hydrogen (secondary N) is 1. The molecule has 176 valence electrons. The molecule has 8 heteroatoms.